The zero-order valence-electron chi connectivity index (χ0n) is 17.3. The number of carbonyl (C=O) groups is 2. The lowest BCUT2D eigenvalue weighted by molar-refractivity contribution is -0.124. The summed E-state index contributed by atoms with van der Waals surface area (Å²) in [7, 11) is 1.72. The number of allylic oxidation sites excluding steroid dienone is 1. The standard InChI is InChI=1S/C22H27N5O3/c1-26-18-8-12-23-27(18)13-9-17(21(26)29)25-20(28)16-7-3-2-6-15-14-30-22(19(15)24-16)10-4-5-11-22/h2,6,8,12,17H,3-5,7,9-11,13-14H2,1H3,(H,25,28)/b6-2-,24-16+/t17-/m0/s1. The molecule has 158 valence electrons. The van der Waals surface area contributed by atoms with Gasteiger partial charge in [-0.2, -0.15) is 5.10 Å². The molecule has 3 aliphatic heterocycles. The number of fused-ring (bicyclic) bond motifs is 2. The summed E-state index contributed by atoms with van der Waals surface area (Å²) in [6.45, 7) is 1.13. The fraction of sp³-hybridized carbons (Fsp3) is 0.545. The van der Waals surface area contributed by atoms with Gasteiger partial charge in [0.05, 0.1) is 18.5 Å². The third kappa shape index (κ3) is 3.19. The molecule has 4 heterocycles. The number of nitrogens with zero attached hydrogens (tertiary/aromatic N) is 4. The minimum absolute atomic E-state index is 0.134. The van der Waals surface area contributed by atoms with Crippen molar-refractivity contribution in [1.82, 2.24) is 15.1 Å². The van der Waals surface area contributed by atoms with Gasteiger partial charge >= 0.3 is 0 Å². The van der Waals surface area contributed by atoms with Crippen molar-refractivity contribution in [1.29, 1.82) is 0 Å². The van der Waals surface area contributed by atoms with Crippen molar-refractivity contribution >= 4 is 23.3 Å². The molecule has 0 aromatic carbocycles. The van der Waals surface area contributed by atoms with Gasteiger partial charge in [-0.3, -0.25) is 14.5 Å². The Morgan fingerprint density at radius 3 is 3.00 bits per heavy atom. The zero-order chi connectivity index (χ0) is 20.7. The monoisotopic (exact) mass is 409 g/mol. The Hall–Kier alpha value is -2.74. The molecule has 1 fully saturated rings. The Morgan fingerprint density at radius 2 is 2.17 bits per heavy atom. The van der Waals surface area contributed by atoms with Crippen molar-refractivity contribution in [2.45, 2.75) is 63.1 Å². The highest BCUT2D eigenvalue weighted by molar-refractivity contribution is 6.39. The van der Waals surface area contributed by atoms with E-state index in [1.54, 1.807) is 22.8 Å². The highest BCUT2D eigenvalue weighted by Gasteiger charge is 2.44. The number of aromatic nitrogens is 2. The van der Waals surface area contributed by atoms with Crippen LogP contribution < -0.4 is 10.2 Å². The maximum absolute atomic E-state index is 13.2. The molecule has 0 radical (unpaired) electrons. The van der Waals surface area contributed by atoms with Crippen LogP contribution in [0.3, 0.4) is 0 Å². The first kappa shape index (κ1) is 19.2. The highest BCUT2D eigenvalue weighted by Crippen LogP contribution is 2.46. The molecule has 1 saturated carbocycles. The molecule has 1 aromatic rings. The molecular weight excluding hydrogens is 382 g/mol. The Bertz CT molecular complexity index is 967. The first-order chi connectivity index (χ1) is 14.6. The Balaban J connectivity index is 1.38. The summed E-state index contributed by atoms with van der Waals surface area (Å²) >= 11 is 0. The molecule has 1 N–H and O–H groups in total. The SMILES string of the molecule is CN1C(=O)[C@@H](NC(=O)/C2=N/C3=C(/C=C\CC2)COC32CCCC2)CCn2nccc21. The number of nitrogens with one attached hydrogen (secondary N) is 1. The lowest BCUT2D eigenvalue weighted by Crippen LogP contribution is -2.48. The lowest BCUT2D eigenvalue weighted by atomic mass is 9.95. The molecule has 30 heavy (non-hydrogen) atoms. The number of likely N-dealkylation sites (N-methyl/N-ethyl adjacent to an activating group) is 1. The number of amides is 2. The van der Waals surface area contributed by atoms with Gasteiger partial charge in [-0.25, -0.2) is 9.67 Å². The van der Waals surface area contributed by atoms with Crippen molar-refractivity contribution < 1.29 is 14.3 Å². The number of ether oxygens (including phenoxy) is 1. The van der Waals surface area contributed by atoms with E-state index in [2.05, 4.69) is 22.6 Å². The Kier molecular flexibility index (Phi) is 4.81. The molecule has 1 aromatic heterocycles. The second-order valence-electron chi connectivity index (χ2n) is 8.49. The highest BCUT2D eigenvalue weighted by atomic mass is 16.5. The van der Waals surface area contributed by atoms with Crippen LogP contribution in [0.15, 0.2) is 40.7 Å². The van der Waals surface area contributed by atoms with E-state index in [0.717, 1.165) is 49.2 Å². The topological polar surface area (TPSA) is 88.8 Å². The third-order valence-electron chi connectivity index (χ3n) is 6.63. The van der Waals surface area contributed by atoms with E-state index in [0.29, 0.717) is 31.7 Å². The molecular formula is C22H27N5O3. The molecule has 4 aliphatic rings. The molecule has 8 nitrogen and oxygen atoms in total. The van der Waals surface area contributed by atoms with Gasteiger partial charge in [0.2, 0.25) is 0 Å². The van der Waals surface area contributed by atoms with E-state index < -0.39 is 6.04 Å². The van der Waals surface area contributed by atoms with Crippen LogP contribution in [0.1, 0.15) is 44.9 Å². The summed E-state index contributed by atoms with van der Waals surface area (Å²) in [6, 6.07) is 1.21. The predicted molar refractivity (Wildman–Crippen MR) is 112 cm³/mol. The summed E-state index contributed by atoms with van der Waals surface area (Å²) in [5.74, 6) is 0.347. The number of carbonyl (C=O) groups excluding carboxylic acids is 2. The fourth-order valence-corrected chi connectivity index (χ4v) is 4.95. The molecule has 8 heteroatoms. The minimum Gasteiger partial charge on any atom is -0.364 e. The summed E-state index contributed by atoms with van der Waals surface area (Å²) < 4.78 is 7.97. The average Bonchev–Trinajstić information content (AvgIpc) is 3.44. The molecule has 5 rings (SSSR count). The van der Waals surface area contributed by atoms with Crippen molar-refractivity contribution in [3.05, 3.63) is 35.7 Å². The molecule has 1 spiro atoms. The maximum Gasteiger partial charge on any atom is 0.266 e. The molecule has 2 amide bonds. The first-order valence-electron chi connectivity index (χ1n) is 10.8. The number of aliphatic imine (C=N–C) groups is 1. The second-order valence-corrected chi connectivity index (χ2v) is 8.49. The Labute approximate surface area is 175 Å². The summed E-state index contributed by atoms with van der Waals surface area (Å²) in [6.07, 6.45) is 11.8. The van der Waals surface area contributed by atoms with Crippen LogP contribution in [0.5, 0.6) is 0 Å². The smallest absolute Gasteiger partial charge is 0.266 e. The van der Waals surface area contributed by atoms with Gasteiger partial charge in [-0.05, 0) is 32.1 Å². The summed E-state index contributed by atoms with van der Waals surface area (Å²) in [4.78, 5) is 32.5. The number of rotatable bonds is 2. The van der Waals surface area contributed by atoms with Crippen LogP contribution in [0.4, 0.5) is 5.82 Å². The molecule has 1 atom stereocenters. The maximum atomic E-state index is 13.2. The van der Waals surface area contributed by atoms with Gasteiger partial charge in [0.1, 0.15) is 23.2 Å². The van der Waals surface area contributed by atoms with Gasteiger partial charge in [0, 0.05) is 25.2 Å². The quantitative estimate of drug-likeness (QED) is 0.810. The van der Waals surface area contributed by atoms with Crippen molar-refractivity contribution in [2.24, 2.45) is 4.99 Å². The van der Waals surface area contributed by atoms with Gasteiger partial charge in [-0.15, -0.1) is 0 Å². The second kappa shape index (κ2) is 7.50. The van der Waals surface area contributed by atoms with Crippen LogP contribution in [-0.4, -0.2) is 52.6 Å². The van der Waals surface area contributed by atoms with Crippen molar-refractivity contribution in [3.8, 4) is 0 Å². The average molecular weight is 409 g/mol. The largest absolute Gasteiger partial charge is 0.364 e. The van der Waals surface area contributed by atoms with Gasteiger partial charge in [0.25, 0.3) is 11.8 Å². The number of aryl methyl sites for hydroxylation is 1. The number of hydrogen-bond donors (Lipinski definition) is 1. The lowest BCUT2D eigenvalue weighted by Gasteiger charge is -2.25. The van der Waals surface area contributed by atoms with E-state index in [1.807, 2.05) is 6.07 Å². The third-order valence-corrected chi connectivity index (χ3v) is 6.63. The van der Waals surface area contributed by atoms with E-state index in [-0.39, 0.29) is 17.4 Å². The Morgan fingerprint density at radius 1 is 1.33 bits per heavy atom. The van der Waals surface area contributed by atoms with Gasteiger partial charge in [0.15, 0.2) is 0 Å². The van der Waals surface area contributed by atoms with Crippen LogP contribution in [0.25, 0.3) is 0 Å². The summed E-state index contributed by atoms with van der Waals surface area (Å²) in [5, 5.41) is 7.21. The summed E-state index contributed by atoms with van der Waals surface area (Å²) in [5.41, 5.74) is 2.15. The molecule has 0 bridgehead atoms. The van der Waals surface area contributed by atoms with Crippen LogP contribution >= 0.6 is 0 Å². The number of hydrogen-bond acceptors (Lipinski definition) is 5. The van der Waals surface area contributed by atoms with Crippen molar-refractivity contribution in [3.63, 3.8) is 0 Å². The van der Waals surface area contributed by atoms with E-state index >= 15 is 0 Å². The van der Waals surface area contributed by atoms with Crippen LogP contribution in [-0.2, 0) is 20.9 Å². The normalized spacial score (nSPS) is 28.3. The van der Waals surface area contributed by atoms with E-state index in [1.165, 1.54) is 0 Å². The fourth-order valence-electron chi connectivity index (χ4n) is 4.95. The molecule has 0 unspecified atom stereocenters. The van der Waals surface area contributed by atoms with Crippen molar-refractivity contribution in [2.75, 3.05) is 18.6 Å². The van der Waals surface area contributed by atoms with Crippen LogP contribution in [0.2, 0.25) is 0 Å². The van der Waals surface area contributed by atoms with Gasteiger partial charge in [-0.1, -0.05) is 25.0 Å². The van der Waals surface area contributed by atoms with E-state index in [9.17, 15) is 9.59 Å². The van der Waals surface area contributed by atoms with E-state index in [4.69, 9.17) is 9.73 Å². The number of anilines is 1. The van der Waals surface area contributed by atoms with Crippen LogP contribution in [0, 0.1) is 0 Å². The molecule has 1 aliphatic carbocycles. The zero-order valence-corrected chi connectivity index (χ0v) is 17.3. The van der Waals surface area contributed by atoms with Gasteiger partial charge < -0.3 is 10.1 Å². The first-order valence-corrected chi connectivity index (χ1v) is 10.8. The predicted octanol–water partition coefficient (Wildman–Crippen LogP) is 2.12. The molecule has 0 saturated heterocycles. The minimum atomic E-state index is -0.596.